The number of benzene rings is 2. The summed E-state index contributed by atoms with van der Waals surface area (Å²) >= 11 is 0. The molecule has 3 aromatic rings. The van der Waals surface area contributed by atoms with Crippen LogP contribution in [0.1, 0.15) is 16.7 Å². The minimum atomic E-state index is 0.872. The fourth-order valence-electron chi connectivity index (χ4n) is 3.19. The van der Waals surface area contributed by atoms with Crippen molar-refractivity contribution in [3.05, 3.63) is 77.5 Å². The third-order valence-corrected chi connectivity index (χ3v) is 4.33. The van der Waals surface area contributed by atoms with Crippen LogP contribution in [0.25, 0.3) is 10.9 Å². The van der Waals surface area contributed by atoms with E-state index in [0.717, 1.165) is 37.3 Å². The molecule has 2 aromatic carbocycles. The summed E-state index contributed by atoms with van der Waals surface area (Å²) in [5, 5.41) is 4.59. The maximum Gasteiger partial charge on any atom is 0.128 e. The number of para-hydroxylation sites is 1. The normalized spacial score (nSPS) is 13.8. The largest absolute Gasteiger partial charge is 0.368 e. The molecule has 0 bridgehead atoms. The second-order valence-corrected chi connectivity index (χ2v) is 5.81. The average molecular weight is 301 g/mol. The van der Waals surface area contributed by atoms with E-state index in [0.29, 0.717) is 0 Å². The van der Waals surface area contributed by atoms with Crippen molar-refractivity contribution in [2.45, 2.75) is 12.8 Å². The maximum absolute atomic E-state index is 4.56. The first kappa shape index (κ1) is 13.9. The standard InChI is InChI=1S/C20H19N3/c1-2-9-18(20-22-13-14-23-20)15(5-1)10-11-17-7-3-6-16-8-4-12-21-19(16)17/h1-9,12H,10-11,13-14H2,(H,22,23). The van der Waals surface area contributed by atoms with E-state index in [9.17, 15) is 0 Å². The number of hydrogen-bond donors (Lipinski definition) is 1. The molecule has 0 saturated heterocycles. The quantitative estimate of drug-likeness (QED) is 0.802. The number of amidine groups is 1. The molecule has 23 heavy (non-hydrogen) atoms. The monoisotopic (exact) mass is 301 g/mol. The van der Waals surface area contributed by atoms with Crippen LogP contribution in [0.2, 0.25) is 0 Å². The van der Waals surface area contributed by atoms with Crippen LogP contribution in [0.15, 0.2) is 65.8 Å². The zero-order valence-electron chi connectivity index (χ0n) is 13.0. The molecule has 3 heteroatoms. The number of aliphatic imine (C=N–C) groups is 1. The molecule has 0 aliphatic carbocycles. The van der Waals surface area contributed by atoms with Gasteiger partial charge in [-0.1, -0.05) is 48.5 Å². The lowest BCUT2D eigenvalue weighted by atomic mass is 9.98. The molecule has 0 amide bonds. The number of pyridine rings is 1. The van der Waals surface area contributed by atoms with Gasteiger partial charge in [0, 0.05) is 23.7 Å². The van der Waals surface area contributed by atoms with Crippen LogP contribution in [0.4, 0.5) is 0 Å². The van der Waals surface area contributed by atoms with E-state index >= 15 is 0 Å². The Kier molecular flexibility index (Phi) is 3.76. The zero-order chi connectivity index (χ0) is 15.5. The predicted molar refractivity (Wildman–Crippen MR) is 95.0 cm³/mol. The second-order valence-electron chi connectivity index (χ2n) is 5.81. The van der Waals surface area contributed by atoms with Crippen LogP contribution in [0.5, 0.6) is 0 Å². The molecule has 0 atom stereocenters. The molecule has 0 spiro atoms. The lowest BCUT2D eigenvalue weighted by Crippen LogP contribution is -2.21. The predicted octanol–water partition coefficient (Wildman–Crippen LogP) is 3.37. The van der Waals surface area contributed by atoms with Crippen LogP contribution in [0.3, 0.4) is 0 Å². The molecule has 0 radical (unpaired) electrons. The van der Waals surface area contributed by atoms with Crippen molar-refractivity contribution in [2.24, 2.45) is 4.99 Å². The van der Waals surface area contributed by atoms with Gasteiger partial charge in [-0.3, -0.25) is 9.98 Å². The zero-order valence-corrected chi connectivity index (χ0v) is 13.0. The van der Waals surface area contributed by atoms with Crippen molar-refractivity contribution in [1.29, 1.82) is 0 Å². The highest BCUT2D eigenvalue weighted by atomic mass is 15.1. The second kappa shape index (κ2) is 6.21. The van der Waals surface area contributed by atoms with E-state index in [2.05, 4.69) is 63.8 Å². The van der Waals surface area contributed by atoms with Crippen LogP contribution in [-0.2, 0) is 12.8 Å². The Morgan fingerprint density at radius 1 is 0.870 bits per heavy atom. The van der Waals surface area contributed by atoms with Gasteiger partial charge in [-0.05, 0) is 30.0 Å². The van der Waals surface area contributed by atoms with Gasteiger partial charge in [-0.2, -0.15) is 0 Å². The SMILES string of the molecule is c1ccc(C2=NCCN2)c(CCc2cccc3cccnc23)c1. The van der Waals surface area contributed by atoms with Gasteiger partial charge in [0.05, 0.1) is 12.1 Å². The summed E-state index contributed by atoms with van der Waals surface area (Å²) in [6.45, 7) is 1.81. The van der Waals surface area contributed by atoms with Crippen LogP contribution < -0.4 is 5.32 Å². The van der Waals surface area contributed by atoms with Crippen molar-refractivity contribution in [1.82, 2.24) is 10.3 Å². The molecule has 1 aliphatic heterocycles. The van der Waals surface area contributed by atoms with E-state index < -0.39 is 0 Å². The highest BCUT2D eigenvalue weighted by Gasteiger charge is 2.12. The lowest BCUT2D eigenvalue weighted by molar-refractivity contribution is 0.948. The van der Waals surface area contributed by atoms with E-state index in [1.807, 2.05) is 12.3 Å². The van der Waals surface area contributed by atoms with Gasteiger partial charge in [0.1, 0.15) is 5.84 Å². The Bertz CT molecular complexity index is 862. The molecule has 1 N–H and O–H groups in total. The molecular weight excluding hydrogens is 282 g/mol. The Balaban J connectivity index is 1.62. The number of nitrogens with one attached hydrogen (secondary N) is 1. The maximum atomic E-state index is 4.56. The summed E-state index contributed by atoms with van der Waals surface area (Å²) in [6.07, 6.45) is 3.85. The highest BCUT2D eigenvalue weighted by Crippen LogP contribution is 2.19. The highest BCUT2D eigenvalue weighted by molar-refractivity contribution is 6.01. The molecule has 1 aromatic heterocycles. The number of hydrogen-bond acceptors (Lipinski definition) is 3. The van der Waals surface area contributed by atoms with Crippen LogP contribution in [0, 0.1) is 0 Å². The Hall–Kier alpha value is -2.68. The van der Waals surface area contributed by atoms with Crippen molar-refractivity contribution in [3.63, 3.8) is 0 Å². The van der Waals surface area contributed by atoms with Gasteiger partial charge >= 0.3 is 0 Å². The van der Waals surface area contributed by atoms with E-state index in [-0.39, 0.29) is 0 Å². The van der Waals surface area contributed by atoms with Gasteiger partial charge in [-0.25, -0.2) is 0 Å². The van der Waals surface area contributed by atoms with Crippen molar-refractivity contribution in [2.75, 3.05) is 13.1 Å². The topological polar surface area (TPSA) is 37.3 Å². The van der Waals surface area contributed by atoms with Gasteiger partial charge in [0.15, 0.2) is 0 Å². The molecule has 0 fully saturated rings. The van der Waals surface area contributed by atoms with E-state index in [1.165, 1.54) is 22.1 Å². The molecule has 0 unspecified atom stereocenters. The fourth-order valence-corrected chi connectivity index (χ4v) is 3.19. The Morgan fingerprint density at radius 3 is 2.61 bits per heavy atom. The Labute approximate surface area is 136 Å². The lowest BCUT2D eigenvalue weighted by Gasteiger charge is -2.11. The fraction of sp³-hybridized carbons (Fsp3) is 0.200. The molecule has 2 heterocycles. The number of fused-ring (bicyclic) bond motifs is 1. The summed E-state index contributed by atoms with van der Waals surface area (Å²) in [6, 6.07) is 19.1. The third-order valence-electron chi connectivity index (χ3n) is 4.33. The number of aryl methyl sites for hydroxylation is 2. The average Bonchev–Trinajstić information content (AvgIpc) is 3.14. The molecule has 4 rings (SSSR count). The summed E-state index contributed by atoms with van der Waals surface area (Å²) in [5.41, 5.74) is 5.00. The van der Waals surface area contributed by atoms with Crippen molar-refractivity contribution >= 4 is 16.7 Å². The smallest absolute Gasteiger partial charge is 0.128 e. The van der Waals surface area contributed by atoms with Crippen LogP contribution >= 0.6 is 0 Å². The van der Waals surface area contributed by atoms with Crippen LogP contribution in [-0.4, -0.2) is 23.9 Å². The summed E-state index contributed by atoms with van der Waals surface area (Å²) in [5.74, 6) is 1.04. The van der Waals surface area contributed by atoms with Crippen molar-refractivity contribution in [3.8, 4) is 0 Å². The molecular formula is C20H19N3. The minimum Gasteiger partial charge on any atom is -0.368 e. The first-order chi connectivity index (χ1) is 11.4. The minimum absolute atomic E-state index is 0.872. The number of rotatable bonds is 4. The number of nitrogens with zero attached hydrogens (tertiary/aromatic N) is 2. The van der Waals surface area contributed by atoms with Crippen molar-refractivity contribution < 1.29 is 0 Å². The Morgan fingerprint density at radius 2 is 1.70 bits per heavy atom. The van der Waals surface area contributed by atoms with Gasteiger partial charge in [-0.15, -0.1) is 0 Å². The van der Waals surface area contributed by atoms with E-state index in [1.54, 1.807) is 0 Å². The first-order valence-electron chi connectivity index (χ1n) is 8.11. The van der Waals surface area contributed by atoms with Gasteiger partial charge in [0.25, 0.3) is 0 Å². The number of aromatic nitrogens is 1. The molecule has 1 aliphatic rings. The molecule has 3 nitrogen and oxygen atoms in total. The van der Waals surface area contributed by atoms with Gasteiger partial charge in [0.2, 0.25) is 0 Å². The molecule has 114 valence electrons. The van der Waals surface area contributed by atoms with E-state index in [4.69, 9.17) is 0 Å². The summed E-state index contributed by atoms with van der Waals surface area (Å²) in [4.78, 5) is 9.12. The summed E-state index contributed by atoms with van der Waals surface area (Å²) in [7, 11) is 0. The third kappa shape index (κ3) is 2.82. The summed E-state index contributed by atoms with van der Waals surface area (Å²) < 4.78 is 0. The first-order valence-corrected chi connectivity index (χ1v) is 8.11. The molecule has 0 saturated carbocycles. The van der Waals surface area contributed by atoms with Gasteiger partial charge < -0.3 is 5.32 Å².